The van der Waals surface area contributed by atoms with E-state index in [0.717, 1.165) is 44.0 Å². The van der Waals surface area contributed by atoms with Crippen molar-refractivity contribution in [1.29, 1.82) is 0 Å². The van der Waals surface area contributed by atoms with Gasteiger partial charge in [-0.3, -0.25) is 9.69 Å². The number of ether oxygens (including phenoxy) is 1. The zero-order valence-electron chi connectivity index (χ0n) is 14.0. The Kier molecular flexibility index (Phi) is 8.99. The van der Waals surface area contributed by atoms with Gasteiger partial charge < -0.3 is 15.4 Å². The van der Waals surface area contributed by atoms with Gasteiger partial charge in [-0.15, -0.1) is 12.4 Å². The molecule has 0 aliphatic carbocycles. The lowest BCUT2D eigenvalue weighted by Gasteiger charge is -2.27. The third-order valence-corrected chi connectivity index (χ3v) is 3.59. The number of nitrogens with one attached hydrogen (secondary N) is 2. The summed E-state index contributed by atoms with van der Waals surface area (Å²) in [5.74, 6) is 0.887. The number of carbonyl (C=O) groups excluding carboxylic acids is 1. The number of carbonyl (C=O) groups is 1. The minimum absolute atomic E-state index is 0. The molecule has 1 aliphatic rings. The lowest BCUT2D eigenvalue weighted by molar-refractivity contribution is -0.120. The van der Waals surface area contributed by atoms with Crippen molar-refractivity contribution in [2.24, 2.45) is 0 Å². The van der Waals surface area contributed by atoms with E-state index in [9.17, 15) is 4.79 Å². The average molecular weight is 342 g/mol. The van der Waals surface area contributed by atoms with Gasteiger partial charge in [0.1, 0.15) is 5.75 Å². The molecule has 0 radical (unpaired) electrons. The van der Waals surface area contributed by atoms with Crippen LogP contribution >= 0.6 is 12.4 Å². The Balaban J connectivity index is 0.00000264. The van der Waals surface area contributed by atoms with Crippen LogP contribution in [0.4, 0.5) is 0 Å². The highest BCUT2D eigenvalue weighted by Gasteiger charge is 2.10. The maximum atomic E-state index is 12.0. The van der Waals surface area contributed by atoms with Crippen molar-refractivity contribution in [1.82, 2.24) is 15.5 Å². The topological polar surface area (TPSA) is 53.6 Å². The number of amides is 1. The van der Waals surface area contributed by atoms with Crippen LogP contribution in [0.3, 0.4) is 0 Å². The maximum absolute atomic E-state index is 12.0. The molecule has 0 saturated carbocycles. The Morgan fingerprint density at radius 1 is 1.35 bits per heavy atom. The van der Waals surface area contributed by atoms with Gasteiger partial charge in [0, 0.05) is 39.3 Å². The normalized spacial score (nSPS) is 15.1. The molecule has 5 nitrogen and oxygen atoms in total. The second kappa shape index (κ2) is 10.5. The summed E-state index contributed by atoms with van der Waals surface area (Å²) >= 11 is 0. The fraction of sp³-hybridized carbons (Fsp3) is 0.588. The molecule has 1 aromatic carbocycles. The minimum Gasteiger partial charge on any atom is -0.491 e. The molecule has 23 heavy (non-hydrogen) atoms. The molecule has 1 fully saturated rings. The van der Waals surface area contributed by atoms with Crippen LogP contribution in [0.25, 0.3) is 0 Å². The molecule has 2 rings (SSSR count). The summed E-state index contributed by atoms with van der Waals surface area (Å²) < 4.78 is 5.65. The van der Waals surface area contributed by atoms with Gasteiger partial charge in [-0.2, -0.15) is 0 Å². The summed E-state index contributed by atoms with van der Waals surface area (Å²) in [7, 11) is 0. The lowest BCUT2D eigenvalue weighted by atomic mass is 10.1. The summed E-state index contributed by atoms with van der Waals surface area (Å²) in [6.45, 7) is 9.82. The van der Waals surface area contributed by atoms with Gasteiger partial charge in [-0.1, -0.05) is 12.1 Å². The number of nitrogens with zero attached hydrogens (tertiary/aromatic N) is 1. The van der Waals surface area contributed by atoms with E-state index in [1.807, 2.05) is 38.1 Å². The van der Waals surface area contributed by atoms with Crippen LogP contribution in [0.1, 0.15) is 19.4 Å². The largest absolute Gasteiger partial charge is 0.491 e. The number of hydrogen-bond acceptors (Lipinski definition) is 4. The van der Waals surface area contributed by atoms with Crippen LogP contribution in [-0.4, -0.2) is 56.2 Å². The molecule has 0 aromatic heterocycles. The second-order valence-electron chi connectivity index (χ2n) is 5.93. The monoisotopic (exact) mass is 341 g/mol. The molecule has 1 heterocycles. The standard InChI is InChI=1S/C17H27N3O2.ClH/c1-14(2)22-16-5-3-4-15(12-16)13-17(21)19-8-11-20-9-6-18-7-10-20;/h3-5,12,14,18H,6-11,13H2,1-2H3,(H,19,21);1H. The van der Waals surface area contributed by atoms with Gasteiger partial charge in [-0.05, 0) is 31.5 Å². The first-order valence-corrected chi connectivity index (χ1v) is 8.09. The molecule has 0 atom stereocenters. The van der Waals surface area contributed by atoms with E-state index in [4.69, 9.17) is 4.74 Å². The molecule has 1 saturated heterocycles. The SMILES string of the molecule is CC(C)Oc1cccc(CC(=O)NCCN2CCNCC2)c1.Cl. The van der Waals surface area contributed by atoms with Crippen LogP contribution in [-0.2, 0) is 11.2 Å². The molecule has 0 unspecified atom stereocenters. The van der Waals surface area contributed by atoms with E-state index in [2.05, 4.69) is 15.5 Å². The number of piperazine rings is 1. The predicted molar refractivity (Wildman–Crippen MR) is 95.5 cm³/mol. The predicted octanol–water partition coefficient (Wildman–Crippen LogP) is 1.46. The fourth-order valence-corrected chi connectivity index (χ4v) is 2.54. The minimum atomic E-state index is 0. The highest BCUT2D eigenvalue weighted by atomic mass is 35.5. The first-order chi connectivity index (χ1) is 10.6. The van der Waals surface area contributed by atoms with Crippen LogP contribution in [0.15, 0.2) is 24.3 Å². The highest BCUT2D eigenvalue weighted by Crippen LogP contribution is 2.15. The molecular weight excluding hydrogens is 314 g/mol. The van der Waals surface area contributed by atoms with Crippen molar-refractivity contribution < 1.29 is 9.53 Å². The van der Waals surface area contributed by atoms with Gasteiger partial charge in [0.25, 0.3) is 0 Å². The molecule has 1 amide bonds. The Morgan fingerprint density at radius 2 is 2.09 bits per heavy atom. The zero-order valence-corrected chi connectivity index (χ0v) is 14.8. The quantitative estimate of drug-likeness (QED) is 0.788. The van der Waals surface area contributed by atoms with Gasteiger partial charge in [0.05, 0.1) is 12.5 Å². The highest BCUT2D eigenvalue weighted by molar-refractivity contribution is 5.85. The van der Waals surface area contributed by atoms with Crippen LogP contribution < -0.4 is 15.4 Å². The molecule has 1 aliphatic heterocycles. The van der Waals surface area contributed by atoms with Crippen LogP contribution in [0, 0.1) is 0 Å². The smallest absolute Gasteiger partial charge is 0.224 e. The van der Waals surface area contributed by atoms with Crippen molar-refractivity contribution in [2.45, 2.75) is 26.4 Å². The van der Waals surface area contributed by atoms with Gasteiger partial charge in [0.15, 0.2) is 0 Å². The molecule has 6 heteroatoms. The summed E-state index contributed by atoms with van der Waals surface area (Å²) in [5.41, 5.74) is 0.984. The zero-order chi connectivity index (χ0) is 15.8. The van der Waals surface area contributed by atoms with Crippen LogP contribution in [0.2, 0.25) is 0 Å². The Bertz CT molecular complexity index is 477. The van der Waals surface area contributed by atoms with E-state index in [1.165, 1.54) is 0 Å². The molecular formula is C17H28ClN3O2. The second-order valence-corrected chi connectivity index (χ2v) is 5.93. The summed E-state index contributed by atoms with van der Waals surface area (Å²) in [4.78, 5) is 14.4. The molecule has 130 valence electrons. The van der Waals surface area contributed by atoms with Gasteiger partial charge >= 0.3 is 0 Å². The molecule has 1 aromatic rings. The summed E-state index contributed by atoms with van der Waals surface area (Å²) in [6, 6.07) is 7.76. The molecule has 2 N–H and O–H groups in total. The molecule has 0 bridgehead atoms. The number of benzene rings is 1. The fourth-order valence-electron chi connectivity index (χ4n) is 2.54. The Morgan fingerprint density at radius 3 is 2.78 bits per heavy atom. The summed E-state index contributed by atoms with van der Waals surface area (Å²) in [5, 5.41) is 6.32. The van der Waals surface area contributed by atoms with E-state index in [1.54, 1.807) is 0 Å². The van der Waals surface area contributed by atoms with Crippen molar-refractivity contribution in [3.8, 4) is 5.75 Å². The third kappa shape index (κ3) is 7.68. The van der Waals surface area contributed by atoms with E-state index >= 15 is 0 Å². The van der Waals surface area contributed by atoms with E-state index in [-0.39, 0.29) is 24.4 Å². The average Bonchev–Trinajstić information content (AvgIpc) is 2.48. The van der Waals surface area contributed by atoms with E-state index in [0.29, 0.717) is 13.0 Å². The Hall–Kier alpha value is -1.30. The number of rotatable bonds is 7. The maximum Gasteiger partial charge on any atom is 0.224 e. The third-order valence-electron chi connectivity index (χ3n) is 3.59. The molecule has 0 spiro atoms. The van der Waals surface area contributed by atoms with Crippen molar-refractivity contribution in [3.63, 3.8) is 0 Å². The first-order valence-electron chi connectivity index (χ1n) is 8.09. The van der Waals surface area contributed by atoms with Gasteiger partial charge in [0.2, 0.25) is 5.91 Å². The number of hydrogen-bond donors (Lipinski definition) is 2. The van der Waals surface area contributed by atoms with Gasteiger partial charge in [-0.25, -0.2) is 0 Å². The van der Waals surface area contributed by atoms with Crippen molar-refractivity contribution in [3.05, 3.63) is 29.8 Å². The summed E-state index contributed by atoms with van der Waals surface area (Å²) in [6.07, 6.45) is 0.541. The lowest BCUT2D eigenvalue weighted by Crippen LogP contribution is -2.46. The van der Waals surface area contributed by atoms with Crippen molar-refractivity contribution >= 4 is 18.3 Å². The van der Waals surface area contributed by atoms with Crippen LogP contribution in [0.5, 0.6) is 5.75 Å². The van der Waals surface area contributed by atoms with E-state index < -0.39 is 0 Å². The van der Waals surface area contributed by atoms with Crippen molar-refractivity contribution in [2.75, 3.05) is 39.3 Å². The first kappa shape index (κ1) is 19.7. The number of halogens is 1. The Labute approximate surface area is 145 Å².